The summed E-state index contributed by atoms with van der Waals surface area (Å²) in [6.07, 6.45) is 0.437. The zero-order valence-corrected chi connectivity index (χ0v) is 13.4. The Morgan fingerprint density at radius 1 is 1.38 bits per heavy atom. The molecule has 1 rings (SSSR count). The van der Waals surface area contributed by atoms with Crippen LogP contribution in [0.3, 0.4) is 0 Å². The zero-order valence-electron chi connectivity index (χ0n) is 11.8. The van der Waals surface area contributed by atoms with Crippen LogP contribution >= 0.6 is 15.9 Å². The van der Waals surface area contributed by atoms with Gasteiger partial charge in [-0.2, -0.15) is 0 Å². The van der Waals surface area contributed by atoms with Crippen LogP contribution in [-0.2, 0) is 9.53 Å². The number of nitrogens with one attached hydrogen (secondary N) is 1. The fourth-order valence-corrected chi connectivity index (χ4v) is 1.88. The first-order chi connectivity index (χ1) is 9.60. The van der Waals surface area contributed by atoms with E-state index in [1.54, 1.807) is 20.8 Å². The second-order valence-corrected chi connectivity index (χ2v) is 6.26. The average molecular weight is 361 g/mol. The lowest BCUT2D eigenvalue weighted by Crippen LogP contribution is -2.46. The van der Waals surface area contributed by atoms with Gasteiger partial charge in [-0.15, -0.1) is 0 Å². The van der Waals surface area contributed by atoms with E-state index in [0.717, 1.165) is 0 Å². The smallest absolute Gasteiger partial charge is 0.408 e. The first-order valence-electron chi connectivity index (χ1n) is 6.11. The van der Waals surface area contributed by atoms with Gasteiger partial charge in [-0.25, -0.2) is 9.59 Å². The summed E-state index contributed by atoms with van der Waals surface area (Å²) in [7, 11) is 0. The number of aromatic nitrogens is 1. The zero-order chi connectivity index (χ0) is 16.2. The Balaban J connectivity index is 2.87. The number of ether oxygens (including phenoxy) is 1. The summed E-state index contributed by atoms with van der Waals surface area (Å²) in [4.78, 5) is 26.7. The lowest BCUT2D eigenvalue weighted by molar-refractivity contribution is -0.142. The monoisotopic (exact) mass is 360 g/mol. The maximum Gasteiger partial charge on any atom is 0.408 e. The summed E-state index contributed by atoms with van der Waals surface area (Å²) in [6, 6.07) is -0.0272. The van der Waals surface area contributed by atoms with Crippen LogP contribution in [0.1, 0.15) is 32.4 Å². The first kappa shape index (κ1) is 17.4. The van der Waals surface area contributed by atoms with Gasteiger partial charge in [0.25, 0.3) is 0 Å². The molecular weight excluding hydrogens is 344 g/mol. The van der Waals surface area contributed by atoms with Crippen LogP contribution in [0, 0.1) is 0 Å². The van der Waals surface area contributed by atoms with E-state index >= 15 is 0 Å². The van der Waals surface area contributed by atoms with Gasteiger partial charge < -0.3 is 20.3 Å². The number of hydrogen-bond donors (Lipinski definition) is 3. The van der Waals surface area contributed by atoms with Crippen molar-refractivity contribution >= 4 is 28.0 Å². The molecule has 1 amide bonds. The van der Waals surface area contributed by atoms with E-state index in [0.29, 0.717) is 4.47 Å². The molecule has 0 aliphatic carbocycles. The minimum absolute atomic E-state index is 0.257. The molecular formula is C13H17BrN2O5. The highest BCUT2D eigenvalue weighted by Gasteiger charge is 2.31. The van der Waals surface area contributed by atoms with Crippen LogP contribution in [0.25, 0.3) is 0 Å². The van der Waals surface area contributed by atoms with Crippen LogP contribution in [0.4, 0.5) is 4.79 Å². The number of carbonyl (C=O) groups is 2. The standard InChI is InChI=1S/C13H17BrN2O5/c1-13(2,3)21-12(20)16-9(11(18)19)10(17)7-4-8(14)6-15-5-7/h4-6,9-10,17H,1-3H3,(H,16,20)(H,18,19). The van der Waals surface area contributed by atoms with Crippen LogP contribution in [-0.4, -0.2) is 38.9 Å². The number of alkyl carbamates (subject to hydrolysis) is 1. The van der Waals surface area contributed by atoms with Gasteiger partial charge in [-0.3, -0.25) is 4.98 Å². The van der Waals surface area contributed by atoms with E-state index in [-0.39, 0.29) is 5.56 Å². The molecule has 0 bridgehead atoms. The van der Waals surface area contributed by atoms with Crippen molar-refractivity contribution in [1.29, 1.82) is 0 Å². The fourth-order valence-electron chi connectivity index (χ4n) is 1.49. The van der Waals surface area contributed by atoms with E-state index in [1.807, 2.05) is 0 Å². The number of carboxylic acids is 1. The summed E-state index contributed by atoms with van der Waals surface area (Å²) in [5.74, 6) is -1.38. The molecule has 0 aliphatic heterocycles. The number of aliphatic hydroxyl groups is 1. The number of aliphatic carboxylic acids is 1. The topological polar surface area (TPSA) is 109 Å². The van der Waals surface area contributed by atoms with Crippen molar-refractivity contribution in [1.82, 2.24) is 10.3 Å². The van der Waals surface area contributed by atoms with E-state index in [9.17, 15) is 14.7 Å². The van der Waals surface area contributed by atoms with Gasteiger partial charge in [-0.1, -0.05) is 0 Å². The molecule has 1 heterocycles. The minimum Gasteiger partial charge on any atom is -0.480 e. The number of hydrogen-bond acceptors (Lipinski definition) is 5. The van der Waals surface area contributed by atoms with Gasteiger partial charge >= 0.3 is 12.1 Å². The second kappa shape index (κ2) is 6.86. The maximum atomic E-state index is 11.6. The summed E-state index contributed by atoms with van der Waals surface area (Å²) >= 11 is 3.17. The van der Waals surface area contributed by atoms with E-state index in [4.69, 9.17) is 9.84 Å². The number of halogens is 1. The third kappa shape index (κ3) is 5.68. The molecule has 0 aliphatic rings. The third-order valence-corrected chi connectivity index (χ3v) is 2.76. The maximum absolute atomic E-state index is 11.6. The van der Waals surface area contributed by atoms with E-state index in [2.05, 4.69) is 26.2 Å². The fraction of sp³-hybridized carbons (Fsp3) is 0.462. The molecule has 116 valence electrons. The summed E-state index contributed by atoms with van der Waals surface area (Å²) in [6.45, 7) is 4.95. The predicted molar refractivity (Wildman–Crippen MR) is 77.7 cm³/mol. The summed E-state index contributed by atoms with van der Waals surface area (Å²) in [5.41, 5.74) is -0.511. The molecule has 8 heteroatoms. The molecule has 1 aromatic heterocycles. The molecule has 0 spiro atoms. The normalized spacial score (nSPS) is 14.1. The Bertz CT molecular complexity index is 530. The Hall–Kier alpha value is -1.67. The largest absolute Gasteiger partial charge is 0.480 e. The van der Waals surface area contributed by atoms with E-state index in [1.165, 1.54) is 18.5 Å². The Labute approximate surface area is 130 Å². The van der Waals surface area contributed by atoms with Gasteiger partial charge in [0.15, 0.2) is 6.04 Å². The Morgan fingerprint density at radius 3 is 2.48 bits per heavy atom. The Morgan fingerprint density at radius 2 is 2.00 bits per heavy atom. The van der Waals surface area contributed by atoms with Crippen LogP contribution < -0.4 is 5.32 Å². The summed E-state index contributed by atoms with van der Waals surface area (Å²) < 4.78 is 5.56. The number of nitrogens with zero attached hydrogens (tertiary/aromatic N) is 1. The molecule has 3 N–H and O–H groups in total. The first-order valence-corrected chi connectivity index (χ1v) is 6.90. The number of amides is 1. The molecule has 2 atom stereocenters. The lowest BCUT2D eigenvalue weighted by atomic mass is 10.0. The molecule has 0 aromatic carbocycles. The molecule has 21 heavy (non-hydrogen) atoms. The molecule has 7 nitrogen and oxygen atoms in total. The summed E-state index contributed by atoms with van der Waals surface area (Å²) in [5, 5.41) is 21.4. The van der Waals surface area contributed by atoms with Crippen LogP contribution in [0.15, 0.2) is 22.9 Å². The third-order valence-electron chi connectivity index (χ3n) is 2.32. The number of aliphatic hydroxyl groups excluding tert-OH is 1. The minimum atomic E-state index is -1.55. The lowest BCUT2D eigenvalue weighted by Gasteiger charge is -2.24. The van der Waals surface area contributed by atoms with Gasteiger partial charge in [0.1, 0.15) is 11.7 Å². The number of carbonyl (C=O) groups excluding carboxylic acids is 1. The van der Waals surface area contributed by atoms with Crippen molar-refractivity contribution in [2.45, 2.75) is 38.5 Å². The van der Waals surface area contributed by atoms with Gasteiger partial charge in [0, 0.05) is 22.4 Å². The van der Waals surface area contributed by atoms with Crippen LogP contribution in [0.5, 0.6) is 0 Å². The highest BCUT2D eigenvalue weighted by Crippen LogP contribution is 2.20. The average Bonchev–Trinajstić information content (AvgIpc) is 2.32. The predicted octanol–water partition coefficient (Wildman–Crippen LogP) is 1.86. The van der Waals surface area contributed by atoms with Gasteiger partial charge in [-0.05, 0) is 42.8 Å². The molecule has 2 unspecified atom stereocenters. The molecule has 0 fully saturated rings. The molecule has 0 radical (unpaired) electrons. The van der Waals surface area contributed by atoms with Crippen molar-refractivity contribution < 1.29 is 24.5 Å². The highest BCUT2D eigenvalue weighted by atomic mass is 79.9. The van der Waals surface area contributed by atoms with Crippen molar-refractivity contribution in [3.8, 4) is 0 Å². The van der Waals surface area contributed by atoms with Crippen LogP contribution in [0.2, 0.25) is 0 Å². The van der Waals surface area contributed by atoms with Gasteiger partial charge in [0.05, 0.1) is 0 Å². The molecule has 0 saturated carbocycles. The van der Waals surface area contributed by atoms with Crippen molar-refractivity contribution in [3.63, 3.8) is 0 Å². The SMILES string of the molecule is CC(C)(C)OC(=O)NC(C(=O)O)C(O)c1cncc(Br)c1. The number of rotatable bonds is 4. The second-order valence-electron chi connectivity index (χ2n) is 5.34. The quantitative estimate of drug-likeness (QED) is 0.755. The molecule has 1 aromatic rings. The number of pyridine rings is 1. The Kier molecular flexibility index (Phi) is 5.68. The van der Waals surface area contributed by atoms with E-state index < -0.39 is 29.8 Å². The molecule has 0 saturated heterocycles. The van der Waals surface area contributed by atoms with Gasteiger partial charge in [0.2, 0.25) is 0 Å². The van der Waals surface area contributed by atoms with Crippen molar-refractivity contribution in [2.75, 3.05) is 0 Å². The van der Waals surface area contributed by atoms with Crippen molar-refractivity contribution in [3.05, 3.63) is 28.5 Å². The van der Waals surface area contributed by atoms with Crippen molar-refractivity contribution in [2.24, 2.45) is 0 Å². The highest BCUT2D eigenvalue weighted by molar-refractivity contribution is 9.10. The number of carboxylic acid groups (broad SMARTS) is 1.